The predicted molar refractivity (Wildman–Crippen MR) is 82.1 cm³/mol. The summed E-state index contributed by atoms with van der Waals surface area (Å²) >= 11 is 0. The van der Waals surface area contributed by atoms with E-state index in [-0.39, 0.29) is 0 Å². The average molecular weight is 260 g/mol. The highest BCUT2D eigenvalue weighted by Gasteiger charge is 2.26. The first-order valence-electron chi connectivity index (χ1n) is 7.60. The minimum atomic E-state index is 0.378. The Balaban J connectivity index is 2.09. The predicted octanol–water partition coefficient (Wildman–Crippen LogP) is 4.13. The van der Waals surface area contributed by atoms with E-state index in [4.69, 9.17) is 0 Å². The molecule has 1 aromatic rings. The molecule has 1 aliphatic heterocycles. The molecular weight excluding hydrogens is 232 g/mol. The van der Waals surface area contributed by atoms with Crippen molar-refractivity contribution in [3.63, 3.8) is 0 Å². The largest absolute Gasteiger partial charge is 0.247 e. The average Bonchev–Trinajstić information content (AvgIpc) is 2.33. The molecule has 1 aromatic carbocycles. The van der Waals surface area contributed by atoms with E-state index < -0.39 is 0 Å². The van der Waals surface area contributed by atoms with Gasteiger partial charge in [0.2, 0.25) is 0 Å². The monoisotopic (exact) mass is 260 g/mol. The van der Waals surface area contributed by atoms with E-state index >= 15 is 0 Å². The molecule has 3 atom stereocenters. The maximum atomic E-state index is 3.73. The fourth-order valence-corrected chi connectivity index (χ4v) is 3.28. The van der Waals surface area contributed by atoms with Crippen LogP contribution in [-0.2, 0) is 0 Å². The number of hydrazine groups is 1. The van der Waals surface area contributed by atoms with Gasteiger partial charge < -0.3 is 0 Å². The number of nitrogens with zero attached hydrogens (tertiary/aromatic N) is 1. The normalized spacial score (nSPS) is 26.4. The fourth-order valence-electron chi connectivity index (χ4n) is 3.28. The molecule has 1 saturated heterocycles. The minimum Gasteiger partial charge on any atom is -0.247 e. The van der Waals surface area contributed by atoms with Crippen LogP contribution in [0, 0.1) is 13.8 Å². The van der Waals surface area contributed by atoms with Crippen molar-refractivity contribution in [2.24, 2.45) is 0 Å². The lowest BCUT2D eigenvalue weighted by Crippen LogP contribution is -2.52. The third kappa shape index (κ3) is 3.37. The molecule has 0 aromatic heterocycles. The van der Waals surface area contributed by atoms with Gasteiger partial charge in [-0.3, -0.25) is 0 Å². The minimum absolute atomic E-state index is 0.378. The number of hydrogen-bond acceptors (Lipinski definition) is 2. The van der Waals surface area contributed by atoms with Gasteiger partial charge in [0, 0.05) is 18.1 Å². The molecule has 0 amide bonds. The van der Waals surface area contributed by atoms with Crippen LogP contribution in [0.1, 0.15) is 62.8 Å². The summed E-state index contributed by atoms with van der Waals surface area (Å²) in [4.78, 5) is 0. The maximum Gasteiger partial charge on any atom is 0.0439 e. The lowest BCUT2D eigenvalue weighted by atomic mass is 9.98. The van der Waals surface area contributed by atoms with Gasteiger partial charge >= 0.3 is 0 Å². The second-order valence-electron chi connectivity index (χ2n) is 6.25. The van der Waals surface area contributed by atoms with Crippen molar-refractivity contribution in [1.29, 1.82) is 0 Å². The summed E-state index contributed by atoms with van der Waals surface area (Å²) in [7, 11) is 0. The highest BCUT2D eigenvalue weighted by atomic mass is 15.5. The first-order chi connectivity index (χ1) is 8.99. The number of benzene rings is 1. The molecule has 0 saturated carbocycles. The van der Waals surface area contributed by atoms with Crippen molar-refractivity contribution in [2.75, 3.05) is 0 Å². The van der Waals surface area contributed by atoms with Gasteiger partial charge in [0.25, 0.3) is 0 Å². The second-order valence-corrected chi connectivity index (χ2v) is 6.25. The molecule has 0 aliphatic carbocycles. The van der Waals surface area contributed by atoms with Gasteiger partial charge in [0.15, 0.2) is 0 Å². The Hall–Kier alpha value is -0.860. The molecular formula is C17H28N2. The number of hydrogen-bond donors (Lipinski definition) is 1. The molecule has 0 bridgehead atoms. The summed E-state index contributed by atoms with van der Waals surface area (Å²) in [5.41, 5.74) is 7.87. The number of nitrogens with one attached hydrogen (secondary N) is 1. The maximum absolute atomic E-state index is 3.73. The number of rotatable bonds is 3. The van der Waals surface area contributed by atoms with E-state index in [1.165, 1.54) is 36.0 Å². The van der Waals surface area contributed by atoms with Gasteiger partial charge in [-0.25, -0.2) is 10.4 Å². The summed E-state index contributed by atoms with van der Waals surface area (Å²) in [6.07, 6.45) is 3.96. The van der Waals surface area contributed by atoms with Gasteiger partial charge in [-0.15, -0.1) is 0 Å². The lowest BCUT2D eigenvalue weighted by molar-refractivity contribution is 0.0319. The zero-order valence-electron chi connectivity index (χ0n) is 13.0. The first-order valence-corrected chi connectivity index (χ1v) is 7.60. The summed E-state index contributed by atoms with van der Waals surface area (Å²) < 4.78 is 0. The molecule has 2 nitrogen and oxygen atoms in total. The molecule has 1 aliphatic rings. The molecule has 106 valence electrons. The lowest BCUT2D eigenvalue weighted by Gasteiger charge is -2.41. The van der Waals surface area contributed by atoms with Crippen molar-refractivity contribution in [3.05, 3.63) is 34.9 Å². The Labute approximate surface area is 118 Å². The van der Waals surface area contributed by atoms with Crippen LogP contribution in [0.4, 0.5) is 0 Å². The quantitative estimate of drug-likeness (QED) is 0.879. The SMILES string of the molecule is Cc1ccc(C(C)NN2C(C)CCCC2C)c(C)c1. The van der Waals surface area contributed by atoms with E-state index in [9.17, 15) is 0 Å². The molecule has 3 unspecified atom stereocenters. The van der Waals surface area contributed by atoms with Crippen LogP contribution in [0.15, 0.2) is 18.2 Å². The van der Waals surface area contributed by atoms with E-state index in [0.717, 1.165) is 0 Å². The van der Waals surface area contributed by atoms with Crippen molar-refractivity contribution >= 4 is 0 Å². The van der Waals surface area contributed by atoms with Crippen LogP contribution >= 0.6 is 0 Å². The third-order valence-electron chi connectivity index (χ3n) is 4.43. The molecule has 1 heterocycles. The van der Waals surface area contributed by atoms with E-state index in [0.29, 0.717) is 18.1 Å². The summed E-state index contributed by atoms with van der Waals surface area (Å²) in [5, 5.41) is 2.47. The Morgan fingerprint density at radius 2 is 1.79 bits per heavy atom. The van der Waals surface area contributed by atoms with Crippen LogP contribution in [0.25, 0.3) is 0 Å². The standard InChI is InChI=1S/C17H28N2/c1-12-9-10-17(13(2)11-12)16(5)18-19-14(3)7-6-8-15(19)4/h9-11,14-16,18H,6-8H2,1-5H3. The summed E-state index contributed by atoms with van der Waals surface area (Å²) in [5.74, 6) is 0. The van der Waals surface area contributed by atoms with E-state index in [2.05, 4.69) is 63.3 Å². The van der Waals surface area contributed by atoms with E-state index in [1.54, 1.807) is 0 Å². The Morgan fingerprint density at radius 3 is 2.37 bits per heavy atom. The number of piperidine rings is 1. The molecule has 1 fully saturated rings. The van der Waals surface area contributed by atoms with Gasteiger partial charge in [-0.2, -0.15) is 0 Å². The van der Waals surface area contributed by atoms with Crippen LogP contribution in [0.2, 0.25) is 0 Å². The molecule has 0 radical (unpaired) electrons. The van der Waals surface area contributed by atoms with Gasteiger partial charge in [0.05, 0.1) is 0 Å². The Kier molecular flexibility index (Phi) is 4.64. The van der Waals surface area contributed by atoms with Crippen LogP contribution in [-0.4, -0.2) is 17.1 Å². The van der Waals surface area contributed by atoms with Crippen molar-refractivity contribution in [3.8, 4) is 0 Å². The van der Waals surface area contributed by atoms with Crippen molar-refractivity contribution in [2.45, 2.75) is 72.0 Å². The van der Waals surface area contributed by atoms with Gasteiger partial charge in [-0.1, -0.05) is 30.2 Å². The van der Waals surface area contributed by atoms with Crippen LogP contribution in [0.3, 0.4) is 0 Å². The molecule has 2 heteroatoms. The third-order valence-corrected chi connectivity index (χ3v) is 4.43. The molecule has 19 heavy (non-hydrogen) atoms. The zero-order chi connectivity index (χ0) is 14.0. The van der Waals surface area contributed by atoms with Gasteiger partial charge in [-0.05, 0) is 58.6 Å². The van der Waals surface area contributed by atoms with Crippen LogP contribution < -0.4 is 5.43 Å². The number of aryl methyl sites for hydroxylation is 2. The van der Waals surface area contributed by atoms with E-state index in [1.807, 2.05) is 0 Å². The van der Waals surface area contributed by atoms with Crippen molar-refractivity contribution < 1.29 is 0 Å². The fraction of sp³-hybridized carbons (Fsp3) is 0.647. The van der Waals surface area contributed by atoms with Gasteiger partial charge in [0.1, 0.15) is 0 Å². The summed E-state index contributed by atoms with van der Waals surface area (Å²) in [6.45, 7) is 11.3. The highest BCUT2D eigenvalue weighted by molar-refractivity contribution is 5.32. The molecule has 1 N–H and O–H groups in total. The topological polar surface area (TPSA) is 15.3 Å². The smallest absolute Gasteiger partial charge is 0.0439 e. The molecule has 2 rings (SSSR count). The Bertz CT molecular complexity index is 417. The Morgan fingerprint density at radius 1 is 1.16 bits per heavy atom. The van der Waals surface area contributed by atoms with Crippen molar-refractivity contribution in [1.82, 2.24) is 10.4 Å². The zero-order valence-corrected chi connectivity index (χ0v) is 13.0. The summed E-state index contributed by atoms with van der Waals surface area (Å²) in [6, 6.07) is 8.40. The molecule has 0 spiro atoms. The highest BCUT2D eigenvalue weighted by Crippen LogP contribution is 2.24. The van der Waals surface area contributed by atoms with Crippen LogP contribution in [0.5, 0.6) is 0 Å². The first kappa shape index (κ1) is 14.5. The second kappa shape index (κ2) is 6.06.